The molecule has 1 atom stereocenters. The second-order valence-electron chi connectivity index (χ2n) is 4.35. The number of hydrogen-bond acceptors (Lipinski definition) is 3. The van der Waals surface area contributed by atoms with Crippen LogP contribution in [0, 0.1) is 0 Å². The maximum Gasteiger partial charge on any atom is 0.416 e. The highest BCUT2D eigenvalue weighted by Crippen LogP contribution is 2.36. The number of carbonyl (C=O) groups is 2. The van der Waals surface area contributed by atoms with Crippen LogP contribution in [-0.4, -0.2) is 11.9 Å². The number of carbonyl (C=O) groups excluding carboxylic acids is 2. The molecule has 1 saturated heterocycles. The minimum atomic E-state index is -4.43. The van der Waals surface area contributed by atoms with E-state index in [1.165, 1.54) is 19.1 Å². The van der Waals surface area contributed by atoms with E-state index in [0.29, 0.717) is 5.56 Å². The van der Waals surface area contributed by atoms with Gasteiger partial charge in [-0.05, 0) is 24.6 Å². The highest BCUT2D eigenvalue weighted by molar-refractivity contribution is 6.00. The van der Waals surface area contributed by atoms with E-state index in [0.717, 1.165) is 12.1 Å². The lowest BCUT2D eigenvalue weighted by molar-refractivity contribution is -0.153. The van der Waals surface area contributed by atoms with E-state index in [9.17, 15) is 22.8 Å². The largest absolute Gasteiger partial charge is 0.416 e. The van der Waals surface area contributed by atoms with Gasteiger partial charge in [0.1, 0.15) is 5.41 Å². The SMILES string of the molecule is CC1(c2ccc(C(F)(F)F)cc2)CC(=O)OC1=O. The van der Waals surface area contributed by atoms with Gasteiger partial charge in [-0.1, -0.05) is 12.1 Å². The molecule has 6 heteroatoms. The van der Waals surface area contributed by atoms with Crippen LogP contribution in [0.1, 0.15) is 24.5 Å². The lowest BCUT2D eigenvalue weighted by atomic mass is 9.81. The number of rotatable bonds is 1. The molecule has 1 aromatic carbocycles. The Morgan fingerprint density at radius 2 is 1.72 bits per heavy atom. The van der Waals surface area contributed by atoms with Gasteiger partial charge in [-0.15, -0.1) is 0 Å². The third kappa shape index (κ3) is 1.98. The Morgan fingerprint density at radius 3 is 2.11 bits per heavy atom. The highest BCUT2D eigenvalue weighted by atomic mass is 19.4. The van der Waals surface area contributed by atoms with E-state index in [1.54, 1.807) is 0 Å². The minimum absolute atomic E-state index is 0.156. The van der Waals surface area contributed by atoms with E-state index < -0.39 is 29.1 Å². The molecule has 0 saturated carbocycles. The fourth-order valence-corrected chi connectivity index (χ4v) is 1.86. The predicted octanol–water partition coefficient (Wildman–Crippen LogP) is 2.44. The van der Waals surface area contributed by atoms with E-state index in [-0.39, 0.29) is 6.42 Å². The van der Waals surface area contributed by atoms with Crippen molar-refractivity contribution in [3.05, 3.63) is 35.4 Å². The fraction of sp³-hybridized carbons (Fsp3) is 0.333. The summed E-state index contributed by atoms with van der Waals surface area (Å²) in [6.45, 7) is 1.48. The van der Waals surface area contributed by atoms with Crippen LogP contribution in [0.5, 0.6) is 0 Å². The van der Waals surface area contributed by atoms with Crippen LogP contribution in [0.3, 0.4) is 0 Å². The smallest absolute Gasteiger partial charge is 0.392 e. The molecule has 96 valence electrons. The van der Waals surface area contributed by atoms with Gasteiger partial charge in [0.25, 0.3) is 0 Å². The number of esters is 2. The van der Waals surface area contributed by atoms with Crippen molar-refractivity contribution in [1.29, 1.82) is 0 Å². The molecule has 0 aliphatic carbocycles. The molecule has 1 fully saturated rings. The van der Waals surface area contributed by atoms with Crippen LogP contribution in [-0.2, 0) is 25.9 Å². The summed E-state index contributed by atoms with van der Waals surface area (Å²) < 4.78 is 41.6. The van der Waals surface area contributed by atoms with Crippen molar-refractivity contribution in [3.8, 4) is 0 Å². The number of ether oxygens (including phenoxy) is 1. The zero-order chi connectivity index (χ0) is 13.6. The third-order valence-electron chi connectivity index (χ3n) is 3.00. The number of hydrogen-bond donors (Lipinski definition) is 0. The molecule has 1 unspecified atom stereocenters. The van der Waals surface area contributed by atoms with Crippen LogP contribution in [0.2, 0.25) is 0 Å². The minimum Gasteiger partial charge on any atom is -0.392 e. The van der Waals surface area contributed by atoms with Gasteiger partial charge in [0.15, 0.2) is 0 Å². The van der Waals surface area contributed by atoms with E-state index in [4.69, 9.17) is 0 Å². The van der Waals surface area contributed by atoms with Gasteiger partial charge in [0.2, 0.25) is 0 Å². The third-order valence-corrected chi connectivity index (χ3v) is 3.00. The molecule has 1 heterocycles. The lowest BCUT2D eigenvalue weighted by Gasteiger charge is -2.18. The Balaban J connectivity index is 2.36. The summed E-state index contributed by atoms with van der Waals surface area (Å²) in [5.74, 6) is -1.39. The standard InChI is InChI=1S/C12H9F3O3/c1-11(6-9(16)18-10(11)17)7-2-4-8(5-3-7)12(13,14)15/h2-5H,6H2,1H3. The van der Waals surface area contributed by atoms with Gasteiger partial charge in [0, 0.05) is 0 Å². The Morgan fingerprint density at radius 1 is 1.17 bits per heavy atom. The van der Waals surface area contributed by atoms with Crippen molar-refractivity contribution in [1.82, 2.24) is 0 Å². The van der Waals surface area contributed by atoms with Crippen LogP contribution < -0.4 is 0 Å². The Kier molecular flexibility index (Phi) is 2.68. The molecule has 2 rings (SSSR count). The Bertz CT molecular complexity index is 504. The van der Waals surface area contributed by atoms with Crippen LogP contribution >= 0.6 is 0 Å². The number of benzene rings is 1. The van der Waals surface area contributed by atoms with Gasteiger partial charge >= 0.3 is 18.1 Å². The Labute approximate surface area is 101 Å². The maximum absolute atomic E-state index is 12.4. The second kappa shape index (κ2) is 3.83. The van der Waals surface area contributed by atoms with E-state index in [2.05, 4.69) is 4.74 Å². The van der Waals surface area contributed by atoms with Gasteiger partial charge in [-0.2, -0.15) is 13.2 Å². The molecule has 1 aliphatic heterocycles. The van der Waals surface area contributed by atoms with Gasteiger partial charge < -0.3 is 4.74 Å². The maximum atomic E-state index is 12.4. The molecular weight excluding hydrogens is 249 g/mol. The summed E-state index contributed by atoms with van der Waals surface area (Å²) >= 11 is 0. The molecule has 0 amide bonds. The summed E-state index contributed by atoms with van der Waals surface area (Å²) in [4.78, 5) is 22.6. The van der Waals surface area contributed by atoms with Crippen molar-refractivity contribution >= 4 is 11.9 Å². The summed E-state index contributed by atoms with van der Waals surface area (Å²) in [5.41, 5.74) is -1.65. The van der Waals surface area contributed by atoms with Crippen molar-refractivity contribution in [2.45, 2.75) is 24.9 Å². The Hall–Kier alpha value is -1.85. The zero-order valence-corrected chi connectivity index (χ0v) is 9.38. The van der Waals surface area contributed by atoms with E-state index in [1.807, 2.05) is 0 Å². The molecule has 1 aliphatic rings. The second-order valence-corrected chi connectivity index (χ2v) is 4.35. The van der Waals surface area contributed by atoms with Crippen LogP contribution in [0.15, 0.2) is 24.3 Å². The summed E-state index contributed by atoms with van der Waals surface area (Å²) in [7, 11) is 0. The summed E-state index contributed by atoms with van der Waals surface area (Å²) in [5, 5.41) is 0. The first-order valence-electron chi connectivity index (χ1n) is 5.16. The van der Waals surface area contributed by atoms with Crippen molar-refractivity contribution in [3.63, 3.8) is 0 Å². The van der Waals surface area contributed by atoms with Crippen molar-refractivity contribution in [2.75, 3.05) is 0 Å². The van der Waals surface area contributed by atoms with Crippen LogP contribution in [0.25, 0.3) is 0 Å². The van der Waals surface area contributed by atoms with Gasteiger partial charge in [-0.3, -0.25) is 9.59 Å². The van der Waals surface area contributed by atoms with Crippen LogP contribution in [0.4, 0.5) is 13.2 Å². The first kappa shape index (κ1) is 12.6. The molecular formula is C12H9F3O3. The molecule has 1 aromatic rings. The fourth-order valence-electron chi connectivity index (χ4n) is 1.86. The first-order chi connectivity index (χ1) is 8.23. The molecule has 3 nitrogen and oxygen atoms in total. The summed E-state index contributed by atoms with van der Waals surface area (Å²) in [6, 6.07) is 4.17. The summed E-state index contributed by atoms with van der Waals surface area (Å²) in [6.07, 6.45) is -4.58. The monoisotopic (exact) mass is 258 g/mol. The van der Waals surface area contributed by atoms with E-state index >= 15 is 0 Å². The normalized spacial score (nSPS) is 24.2. The topological polar surface area (TPSA) is 43.4 Å². The number of cyclic esters (lactones) is 2. The molecule has 0 bridgehead atoms. The van der Waals surface area contributed by atoms with Gasteiger partial charge in [-0.25, -0.2) is 0 Å². The first-order valence-corrected chi connectivity index (χ1v) is 5.16. The van der Waals surface area contributed by atoms with Crippen molar-refractivity contribution in [2.24, 2.45) is 0 Å². The molecule has 18 heavy (non-hydrogen) atoms. The number of halogens is 3. The zero-order valence-electron chi connectivity index (χ0n) is 9.38. The molecule has 0 radical (unpaired) electrons. The molecule has 0 spiro atoms. The average molecular weight is 258 g/mol. The molecule has 0 N–H and O–H groups in total. The number of alkyl halides is 3. The highest BCUT2D eigenvalue weighted by Gasteiger charge is 2.46. The lowest BCUT2D eigenvalue weighted by Crippen LogP contribution is -2.27. The van der Waals surface area contributed by atoms with Gasteiger partial charge in [0.05, 0.1) is 12.0 Å². The van der Waals surface area contributed by atoms with Crippen molar-refractivity contribution < 1.29 is 27.5 Å². The average Bonchev–Trinajstić information content (AvgIpc) is 2.53. The predicted molar refractivity (Wildman–Crippen MR) is 54.5 cm³/mol. The molecule has 0 aromatic heterocycles. The quantitative estimate of drug-likeness (QED) is 0.574.